The Morgan fingerprint density at radius 1 is 1.62 bits per heavy atom. The Kier molecular flexibility index (Phi) is 7.73. The Balaban J connectivity index is 3.98. The number of amides is 2. The van der Waals surface area contributed by atoms with Crippen LogP contribution in [-0.4, -0.2) is 49.7 Å². The van der Waals surface area contributed by atoms with E-state index in [1.165, 1.54) is 6.21 Å². The Labute approximate surface area is 84.4 Å². The van der Waals surface area contributed by atoms with Gasteiger partial charge >= 0.3 is 6.03 Å². The van der Waals surface area contributed by atoms with Crippen molar-refractivity contribution in [1.29, 1.82) is 0 Å². The third-order valence-electron chi connectivity index (χ3n) is 1.45. The van der Waals surface area contributed by atoms with Crippen LogP contribution in [0.1, 0.15) is 6.92 Å². The highest BCUT2D eigenvalue weighted by Crippen LogP contribution is 1.94. The summed E-state index contributed by atoms with van der Waals surface area (Å²) in [5, 5.41) is 0. The molecule has 0 spiro atoms. The number of aliphatic imine (C=N–C) groups is 1. The smallest absolute Gasteiger partial charge is 0.343 e. The zero-order chi connectivity index (χ0) is 10.1. The molecule has 2 amide bonds. The van der Waals surface area contributed by atoms with Crippen LogP contribution in [0.25, 0.3) is 0 Å². The van der Waals surface area contributed by atoms with Crippen LogP contribution in [0.4, 0.5) is 4.79 Å². The number of urea groups is 1. The zero-order valence-corrected chi connectivity index (χ0v) is 8.96. The first-order valence-electron chi connectivity index (χ1n) is 4.13. The highest BCUT2D eigenvalue weighted by molar-refractivity contribution is 7.80. The number of rotatable bonds is 5. The predicted molar refractivity (Wildman–Crippen MR) is 56.9 cm³/mol. The molecule has 0 aliphatic heterocycles. The van der Waals surface area contributed by atoms with Gasteiger partial charge < -0.3 is 9.64 Å². The molecule has 0 aliphatic carbocycles. The van der Waals surface area contributed by atoms with E-state index >= 15 is 0 Å². The number of methoxy groups -OCH3 is 1. The third-order valence-corrected chi connectivity index (χ3v) is 1.65. The van der Waals surface area contributed by atoms with Crippen molar-refractivity contribution in [3.8, 4) is 0 Å². The summed E-state index contributed by atoms with van der Waals surface area (Å²) in [6, 6.07) is -0.228. The monoisotopic (exact) mass is 204 g/mol. The van der Waals surface area contributed by atoms with Gasteiger partial charge in [0.1, 0.15) is 0 Å². The highest BCUT2D eigenvalue weighted by Gasteiger charge is 2.09. The van der Waals surface area contributed by atoms with Crippen LogP contribution >= 0.6 is 12.6 Å². The van der Waals surface area contributed by atoms with Crippen LogP contribution in [0.15, 0.2) is 4.99 Å². The summed E-state index contributed by atoms with van der Waals surface area (Å²) in [6.07, 6.45) is 1.49. The maximum atomic E-state index is 11.3. The molecule has 0 N–H and O–H groups in total. The lowest BCUT2D eigenvalue weighted by Crippen LogP contribution is -2.33. The van der Waals surface area contributed by atoms with Gasteiger partial charge in [0.2, 0.25) is 0 Å². The SMILES string of the molecule is CC=NC(=O)N(CCS)CCOC. The number of hydrogen-bond acceptors (Lipinski definition) is 3. The molecule has 0 atom stereocenters. The first kappa shape index (κ1) is 12.4. The molecule has 0 unspecified atom stereocenters. The molecule has 4 nitrogen and oxygen atoms in total. The average molecular weight is 204 g/mol. The second-order valence-electron chi connectivity index (χ2n) is 2.37. The molecule has 76 valence electrons. The van der Waals surface area contributed by atoms with Gasteiger partial charge in [-0.2, -0.15) is 12.6 Å². The van der Waals surface area contributed by atoms with E-state index in [9.17, 15) is 4.79 Å². The van der Waals surface area contributed by atoms with E-state index in [1.54, 1.807) is 18.9 Å². The van der Waals surface area contributed by atoms with Crippen molar-refractivity contribution in [1.82, 2.24) is 4.90 Å². The van der Waals surface area contributed by atoms with Gasteiger partial charge in [0.15, 0.2) is 0 Å². The summed E-state index contributed by atoms with van der Waals surface area (Å²) < 4.78 is 4.88. The molecule has 13 heavy (non-hydrogen) atoms. The Bertz CT molecular complexity index is 174. The first-order chi connectivity index (χ1) is 6.26. The highest BCUT2D eigenvalue weighted by atomic mass is 32.1. The van der Waals surface area contributed by atoms with E-state index in [0.717, 1.165) is 0 Å². The van der Waals surface area contributed by atoms with Crippen molar-refractivity contribution in [2.24, 2.45) is 4.99 Å². The van der Waals surface area contributed by atoms with Gasteiger partial charge in [-0.15, -0.1) is 0 Å². The minimum atomic E-state index is -0.228. The summed E-state index contributed by atoms with van der Waals surface area (Å²) in [6.45, 7) is 3.40. The van der Waals surface area contributed by atoms with E-state index in [-0.39, 0.29) is 6.03 Å². The summed E-state index contributed by atoms with van der Waals surface area (Å²) in [5.74, 6) is 0.634. The van der Waals surface area contributed by atoms with Crippen LogP contribution in [0.2, 0.25) is 0 Å². The standard InChI is InChI=1S/C8H16N2O2S/c1-3-9-8(11)10(5-7-13)4-6-12-2/h3,13H,4-7H2,1-2H3. The maximum absolute atomic E-state index is 11.3. The molecule has 0 bridgehead atoms. The van der Waals surface area contributed by atoms with Gasteiger partial charge in [0, 0.05) is 32.2 Å². The summed E-state index contributed by atoms with van der Waals surface area (Å²) in [7, 11) is 1.60. The number of thiol groups is 1. The Morgan fingerprint density at radius 2 is 2.31 bits per heavy atom. The number of carbonyl (C=O) groups excluding carboxylic acids is 1. The molecule has 0 aromatic carbocycles. The molecule has 0 saturated heterocycles. The molecule has 0 heterocycles. The predicted octanol–water partition coefficient (Wildman–Crippen LogP) is 1.08. The quantitative estimate of drug-likeness (QED) is 0.538. The third kappa shape index (κ3) is 5.65. The first-order valence-corrected chi connectivity index (χ1v) is 4.76. The van der Waals surface area contributed by atoms with E-state index in [2.05, 4.69) is 17.6 Å². The molecule has 5 heteroatoms. The van der Waals surface area contributed by atoms with Crippen LogP contribution in [0, 0.1) is 0 Å². The number of carbonyl (C=O) groups is 1. The molecule has 0 rings (SSSR count). The summed E-state index contributed by atoms with van der Waals surface area (Å²) in [5.41, 5.74) is 0. The lowest BCUT2D eigenvalue weighted by molar-refractivity contribution is 0.156. The topological polar surface area (TPSA) is 41.9 Å². The fourth-order valence-corrected chi connectivity index (χ4v) is 1.06. The largest absolute Gasteiger partial charge is 0.383 e. The Morgan fingerprint density at radius 3 is 2.77 bits per heavy atom. The van der Waals surface area contributed by atoms with Crippen LogP contribution in [0.5, 0.6) is 0 Å². The van der Waals surface area contributed by atoms with Crippen LogP contribution in [-0.2, 0) is 4.74 Å². The van der Waals surface area contributed by atoms with E-state index in [4.69, 9.17) is 4.74 Å². The fourth-order valence-electron chi connectivity index (χ4n) is 0.817. The zero-order valence-electron chi connectivity index (χ0n) is 8.06. The molecule has 0 aromatic heterocycles. The van der Waals surface area contributed by atoms with Gasteiger partial charge in [-0.05, 0) is 6.92 Å². The van der Waals surface area contributed by atoms with Gasteiger partial charge in [0.05, 0.1) is 6.61 Å². The second-order valence-corrected chi connectivity index (χ2v) is 2.82. The fraction of sp³-hybridized carbons (Fsp3) is 0.750. The van der Waals surface area contributed by atoms with E-state index in [0.29, 0.717) is 25.4 Å². The van der Waals surface area contributed by atoms with Crippen molar-refractivity contribution >= 4 is 24.9 Å². The summed E-state index contributed by atoms with van der Waals surface area (Å²) >= 11 is 4.06. The van der Waals surface area contributed by atoms with Crippen LogP contribution < -0.4 is 0 Å². The van der Waals surface area contributed by atoms with Crippen LogP contribution in [0.3, 0.4) is 0 Å². The number of nitrogens with zero attached hydrogens (tertiary/aromatic N) is 2. The Hall–Kier alpha value is -0.550. The lowest BCUT2D eigenvalue weighted by Gasteiger charge is -2.18. The molecule has 0 saturated carbocycles. The maximum Gasteiger partial charge on any atom is 0.343 e. The van der Waals surface area contributed by atoms with Gasteiger partial charge in [-0.3, -0.25) is 0 Å². The molecular formula is C8H16N2O2S. The average Bonchev–Trinajstić information content (AvgIpc) is 2.12. The molecular weight excluding hydrogens is 188 g/mol. The number of hydrogen-bond donors (Lipinski definition) is 1. The molecule has 0 fully saturated rings. The minimum Gasteiger partial charge on any atom is -0.383 e. The van der Waals surface area contributed by atoms with Gasteiger partial charge in [0.25, 0.3) is 0 Å². The van der Waals surface area contributed by atoms with Gasteiger partial charge in [-0.1, -0.05) is 0 Å². The van der Waals surface area contributed by atoms with Crippen molar-refractivity contribution in [2.75, 3.05) is 32.6 Å². The van der Waals surface area contributed by atoms with Crippen molar-refractivity contribution < 1.29 is 9.53 Å². The summed E-state index contributed by atoms with van der Waals surface area (Å²) in [4.78, 5) is 16.6. The van der Waals surface area contributed by atoms with Gasteiger partial charge in [-0.25, -0.2) is 9.79 Å². The minimum absolute atomic E-state index is 0.228. The van der Waals surface area contributed by atoms with Crippen molar-refractivity contribution in [3.63, 3.8) is 0 Å². The van der Waals surface area contributed by atoms with Crippen molar-refractivity contribution in [3.05, 3.63) is 0 Å². The number of ether oxygens (including phenoxy) is 1. The molecule has 0 aliphatic rings. The second kappa shape index (κ2) is 8.07. The molecule has 0 aromatic rings. The van der Waals surface area contributed by atoms with E-state index < -0.39 is 0 Å². The lowest BCUT2D eigenvalue weighted by atomic mass is 10.5. The van der Waals surface area contributed by atoms with E-state index in [1.807, 2.05) is 0 Å². The molecule has 0 radical (unpaired) electrons. The normalized spacial score (nSPS) is 10.7. The van der Waals surface area contributed by atoms with Crippen molar-refractivity contribution in [2.45, 2.75) is 6.92 Å².